The molecule has 1 aliphatic heterocycles. The molecule has 0 radical (unpaired) electrons. The Morgan fingerprint density at radius 3 is 3.00 bits per heavy atom. The molecule has 0 atom stereocenters. The summed E-state index contributed by atoms with van der Waals surface area (Å²) in [5.41, 5.74) is 3.63. The van der Waals surface area contributed by atoms with Gasteiger partial charge in [-0.15, -0.1) is 0 Å². The molecule has 1 aliphatic rings. The summed E-state index contributed by atoms with van der Waals surface area (Å²) >= 11 is 0. The number of hydrogen-bond acceptors (Lipinski definition) is 2. The van der Waals surface area contributed by atoms with Crippen molar-refractivity contribution in [1.29, 1.82) is 0 Å². The van der Waals surface area contributed by atoms with E-state index in [-0.39, 0.29) is 5.91 Å². The molecule has 3 heteroatoms. The number of ether oxygens (including phenoxy) is 1. The summed E-state index contributed by atoms with van der Waals surface area (Å²) < 4.78 is 5.31. The first-order valence-corrected chi connectivity index (χ1v) is 4.68. The van der Waals surface area contributed by atoms with Crippen LogP contribution in [0.2, 0.25) is 0 Å². The molecule has 74 valence electrons. The number of fused-ring (bicyclic) bond motifs is 1. The van der Waals surface area contributed by atoms with Crippen LogP contribution in [0.1, 0.15) is 23.6 Å². The number of carbonyl (C=O) groups excluding carboxylic acids is 1. The van der Waals surface area contributed by atoms with Crippen molar-refractivity contribution in [3.63, 3.8) is 0 Å². The second-order valence-electron chi connectivity index (χ2n) is 3.51. The van der Waals surface area contributed by atoms with Crippen LogP contribution in [-0.2, 0) is 29.3 Å². The van der Waals surface area contributed by atoms with Gasteiger partial charge in [0.2, 0.25) is 5.91 Å². The van der Waals surface area contributed by atoms with E-state index in [0.29, 0.717) is 13.2 Å². The zero-order chi connectivity index (χ0) is 9.97. The average molecular weight is 191 g/mol. The fourth-order valence-corrected chi connectivity index (χ4v) is 1.56. The Labute approximate surface area is 83.1 Å². The van der Waals surface area contributed by atoms with Crippen LogP contribution in [0.25, 0.3) is 0 Å². The molecule has 0 aliphatic carbocycles. The van der Waals surface area contributed by atoms with Crippen molar-refractivity contribution in [2.75, 3.05) is 0 Å². The van der Waals surface area contributed by atoms with E-state index in [1.165, 1.54) is 18.1 Å². The Hall–Kier alpha value is -1.35. The van der Waals surface area contributed by atoms with Crippen LogP contribution in [0.3, 0.4) is 0 Å². The maximum absolute atomic E-state index is 10.7. The molecular formula is C11H13NO2. The summed E-state index contributed by atoms with van der Waals surface area (Å²) in [6.45, 7) is 3.54. The third kappa shape index (κ3) is 1.93. The predicted octanol–water partition coefficient (Wildman–Crippen LogP) is 1.35. The van der Waals surface area contributed by atoms with Gasteiger partial charge in [-0.1, -0.05) is 18.2 Å². The molecule has 0 aromatic heterocycles. The molecule has 1 aromatic carbocycles. The molecule has 0 fully saturated rings. The smallest absolute Gasteiger partial charge is 0.217 e. The van der Waals surface area contributed by atoms with E-state index in [1.807, 2.05) is 6.07 Å². The van der Waals surface area contributed by atoms with Gasteiger partial charge in [0.25, 0.3) is 0 Å². The maximum atomic E-state index is 10.7. The highest BCUT2D eigenvalue weighted by molar-refractivity contribution is 5.72. The van der Waals surface area contributed by atoms with Crippen molar-refractivity contribution in [2.45, 2.75) is 26.7 Å². The van der Waals surface area contributed by atoms with Gasteiger partial charge in [0, 0.05) is 13.5 Å². The lowest BCUT2D eigenvalue weighted by molar-refractivity contribution is -0.119. The number of rotatable bonds is 2. The molecule has 1 amide bonds. The van der Waals surface area contributed by atoms with Crippen LogP contribution in [0, 0.1) is 0 Å². The highest BCUT2D eigenvalue weighted by Gasteiger charge is 2.10. The summed E-state index contributed by atoms with van der Waals surface area (Å²) in [7, 11) is 0. The van der Waals surface area contributed by atoms with Crippen molar-refractivity contribution in [1.82, 2.24) is 5.32 Å². The molecule has 0 saturated heterocycles. The van der Waals surface area contributed by atoms with Crippen LogP contribution in [0.5, 0.6) is 0 Å². The molecule has 2 rings (SSSR count). The molecule has 3 nitrogen and oxygen atoms in total. The molecule has 0 saturated carbocycles. The minimum Gasteiger partial charge on any atom is -0.372 e. The average Bonchev–Trinajstić information content (AvgIpc) is 2.61. The number of carbonyl (C=O) groups is 1. The molecule has 0 bridgehead atoms. The fourth-order valence-electron chi connectivity index (χ4n) is 1.56. The third-order valence-electron chi connectivity index (χ3n) is 2.33. The molecule has 0 unspecified atom stereocenters. The quantitative estimate of drug-likeness (QED) is 0.766. The van der Waals surface area contributed by atoms with Gasteiger partial charge < -0.3 is 10.1 Å². The van der Waals surface area contributed by atoms with Crippen molar-refractivity contribution >= 4 is 5.91 Å². The number of amides is 1. The van der Waals surface area contributed by atoms with E-state index in [0.717, 1.165) is 12.2 Å². The summed E-state index contributed by atoms with van der Waals surface area (Å²) in [5.74, 6) is 0.00162. The Morgan fingerprint density at radius 1 is 1.43 bits per heavy atom. The van der Waals surface area contributed by atoms with Crippen molar-refractivity contribution < 1.29 is 9.53 Å². The first-order chi connectivity index (χ1) is 6.75. The molecule has 1 N–H and O–H groups in total. The zero-order valence-corrected chi connectivity index (χ0v) is 8.17. The highest BCUT2D eigenvalue weighted by Crippen LogP contribution is 2.20. The van der Waals surface area contributed by atoms with Crippen molar-refractivity contribution in [3.05, 3.63) is 34.9 Å². The minimum atomic E-state index is 0.00162. The molecule has 14 heavy (non-hydrogen) atoms. The lowest BCUT2D eigenvalue weighted by Crippen LogP contribution is -2.18. The van der Waals surface area contributed by atoms with E-state index in [9.17, 15) is 4.79 Å². The Bertz CT molecular complexity index is 360. The predicted molar refractivity (Wildman–Crippen MR) is 52.5 cm³/mol. The highest BCUT2D eigenvalue weighted by atomic mass is 16.5. The summed E-state index contributed by atoms with van der Waals surface area (Å²) in [6, 6.07) is 6.20. The summed E-state index contributed by atoms with van der Waals surface area (Å²) in [5, 5.41) is 2.77. The van der Waals surface area contributed by atoms with Crippen LogP contribution in [0.4, 0.5) is 0 Å². The van der Waals surface area contributed by atoms with Crippen LogP contribution in [0.15, 0.2) is 18.2 Å². The first-order valence-electron chi connectivity index (χ1n) is 4.68. The summed E-state index contributed by atoms with van der Waals surface area (Å²) in [6.07, 6.45) is 0. The van der Waals surface area contributed by atoms with E-state index in [2.05, 4.69) is 17.4 Å². The fraction of sp³-hybridized carbons (Fsp3) is 0.364. The lowest BCUT2D eigenvalue weighted by Gasteiger charge is -2.04. The molecule has 1 aromatic rings. The van der Waals surface area contributed by atoms with Gasteiger partial charge in [0.05, 0.1) is 13.2 Å². The SMILES string of the molecule is CC(=O)NCc1ccc2c(c1)COC2. The van der Waals surface area contributed by atoms with Gasteiger partial charge in [-0.2, -0.15) is 0 Å². The van der Waals surface area contributed by atoms with Crippen molar-refractivity contribution in [2.24, 2.45) is 0 Å². The minimum absolute atomic E-state index is 0.00162. The zero-order valence-electron chi connectivity index (χ0n) is 8.17. The Morgan fingerprint density at radius 2 is 2.21 bits per heavy atom. The van der Waals surface area contributed by atoms with E-state index in [1.54, 1.807) is 0 Å². The normalized spacial score (nSPS) is 13.8. The monoisotopic (exact) mass is 191 g/mol. The second kappa shape index (κ2) is 3.80. The molecule has 0 spiro atoms. The van der Waals surface area contributed by atoms with E-state index in [4.69, 9.17) is 4.74 Å². The number of hydrogen-bond donors (Lipinski definition) is 1. The lowest BCUT2D eigenvalue weighted by atomic mass is 10.1. The van der Waals surface area contributed by atoms with Gasteiger partial charge in [-0.3, -0.25) is 4.79 Å². The Balaban J connectivity index is 2.09. The van der Waals surface area contributed by atoms with Crippen LogP contribution < -0.4 is 5.32 Å². The molecular weight excluding hydrogens is 178 g/mol. The van der Waals surface area contributed by atoms with Gasteiger partial charge in [0.15, 0.2) is 0 Å². The third-order valence-corrected chi connectivity index (χ3v) is 2.33. The number of benzene rings is 1. The van der Waals surface area contributed by atoms with Gasteiger partial charge >= 0.3 is 0 Å². The van der Waals surface area contributed by atoms with Crippen LogP contribution >= 0.6 is 0 Å². The van der Waals surface area contributed by atoms with Gasteiger partial charge in [0.1, 0.15) is 0 Å². The van der Waals surface area contributed by atoms with E-state index >= 15 is 0 Å². The van der Waals surface area contributed by atoms with Crippen LogP contribution in [-0.4, -0.2) is 5.91 Å². The molecule has 1 heterocycles. The second-order valence-corrected chi connectivity index (χ2v) is 3.51. The van der Waals surface area contributed by atoms with E-state index < -0.39 is 0 Å². The number of nitrogens with one attached hydrogen (secondary N) is 1. The maximum Gasteiger partial charge on any atom is 0.217 e. The Kier molecular flexibility index (Phi) is 2.50. The largest absolute Gasteiger partial charge is 0.372 e. The summed E-state index contributed by atoms with van der Waals surface area (Å²) in [4.78, 5) is 10.7. The standard InChI is InChI=1S/C11H13NO2/c1-8(13)12-5-9-2-3-10-6-14-7-11(10)4-9/h2-4H,5-7H2,1H3,(H,12,13). The van der Waals surface area contributed by atoms with Gasteiger partial charge in [-0.25, -0.2) is 0 Å². The first kappa shape index (κ1) is 9.21. The van der Waals surface area contributed by atoms with Gasteiger partial charge in [-0.05, 0) is 16.7 Å². The topological polar surface area (TPSA) is 38.3 Å². The van der Waals surface area contributed by atoms with Crippen molar-refractivity contribution in [3.8, 4) is 0 Å².